The molecule has 0 aromatic heterocycles. The summed E-state index contributed by atoms with van der Waals surface area (Å²) < 4.78 is 58.2. The summed E-state index contributed by atoms with van der Waals surface area (Å²) in [5, 5.41) is 0. The average molecular weight is 313 g/mol. The van der Waals surface area contributed by atoms with Crippen molar-refractivity contribution in [3.8, 4) is 0 Å². The monoisotopic (exact) mass is 313 g/mol. The lowest BCUT2D eigenvalue weighted by Gasteiger charge is -2.43. The number of carbonyl (C=O) groups is 1. The third-order valence-electron chi connectivity index (χ3n) is 3.29. The molecule has 0 spiro atoms. The molecular weight excluding hydrogens is 298 g/mol. The van der Waals surface area contributed by atoms with Gasteiger partial charge in [-0.3, -0.25) is 9.35 Å². The highest BCUT2D eigenvalue weighted by atomic mass is 32.2. The molecule has 2 fully saturated rings. The van der Waals surface area contributed by atoms with Gasteiger partial charge in [-0.2, -0.15) is 25.9 Å². The molecule has 0 aromatic rings. The first-order chi connectivity index (χ1) is 8.54. The largest absolute Gasteiger partial charge is 0.362 e. The van der Waals surface area contributed by atoms with Crippen LogP contribution in [0.2, 0.25) is 0 Å². The van der Waals surface area contributed by atoms with E-state index in [4.69, 9.17) is 4.55 Å². The van der Waals surface area contributed by atoms with Gasteiger partial charge in [0.15, 0.2) is 0 Å². The molecule has 0 aromatic carbocycles. The fourth-order valence-corrected chi connectivity index (χ4v) is 4.80. The van der Waals surface area contributed by atoms with Crippen molar-refractivity contribution in [2.75, 3.05) is 13.1 Å². The van der Waals surface area contributed by atoms with Crippen molar-refractivity contribution in [1.82, 2.24) is 13.3 Å². The van der Waals surface area contributed by atoms with Gasteiger partial charge in [-0.05, 0) is 6.92 Å². The Morgan fingerprint density at radius 1 is 1.42 bits per heavy atom. The second-order valence-electron chi connectivity index (χ2n) is 4.81. The molecule has 3 atom stereocenters. The molecule has 9 nitrogen and oxygen atoms in total. The van der Waals surface area contributed by atoms with E-state index in [-0.39, 0.29) is 19.1 Å². The maximum atomic E-state index is 11.7. The number of carbonyl (C=O) groups excluding carboxylic acids is 1. The van der Waals surface area contributed by atoms with E-state index in [0.717, 1.165) is 4.31 Å². The summed E-state index contributed by atoms with van der Waals surface area (Å²) in [5.41, 5.74) is 0. The topological polar surface area (TPSA) is 124 Å². The van der Waals surface area contributed by atoms with E-state index < -0.39 is 38.4 Å². The Morgan fingerprint density at radius 3 is 2.42 bits per heavy atom. The number of amides is 1. The lowest BCUT2D eigenvalue weighted by atomic mass is 9.92. The number of rotatable bonds is 3. The molecule has 110 valence electrons. The highest BCUT2D eigenvalue weighted by Gasteiger charge is 2.52. The van der Waals surface area contributed by atoms with Gasteiger partial charge >= 0.3 is 10.3 Å². The van der Waals surface area contributed by atoms with Gasteiger partial charge in [0.05, 0.1) is 12.0 Å². The van der Waals surface area contributed by atoms with Gasteiger partial charge in [-0.25, -0.2) is 4.31 Å². The predicted molar refractivity (Wildman–Crippen MR) is 64.4 cm³/mol. The molecule has 11 heteroatoms. The van der Waals surface area contributed by atoms with Crippen LogP contribution >= 0.6 is 0 Å². The van der Waals surface area contributed by atoms with E-state index in [9.17, 15) is 21.6 Å². The maximum absolute atomic E-state index is 11.7. The molecule has 2 rings (SSSR count). The molecule has 2 heterocycles. The van der Waals surface area contributed by atoms with Gasteiger partial charge in [0.2, 0.25) is 5.91 Å². The number of hydrogen-bond donors (Lipinski definition) is 2. The lowest BCUT2D eigenvalue weighted by molar-refractivity contribution is -0.146. The molecule has 0 bridgehead atoms. The molecule has 19 heavy (non-hydrogen) atoms. The van der Waals surface area contributed by atoms with Crippen molar-refractivity contribution in [2.45, 2.75) is 25.9 Å². The van der Waals surface area contributed by atoms with Gasteiger partial charge in [-0.1, -0.05) is 6.92 Å². The Balaban J connectivity index is 2.18. The van der Waals surface area contributed by atoms with Gasteiger partial charge < -0.3 is 0 Å². The van der Waals surface area contributed by atoms with Crippen LogP contribution < -0.4 is 4.72 Å². The molecule has 0 unspecified atom stereocenters. The Bertz CT molecular complexity index is 600. The fraction of sp³-hybridized carbons (Fsp3) is 0.875. The minimum Gasteiger partial charge on any atom is -0.273 e. The van der Waals surface area contributed by atoms with Crippen molar-refractivity contribution in [1.29, 1.82) is 0 Å². The van der Waals surface area contributed by atoms with Gasteiger partial charge in [0.1, 0.15) is 0 Å². The second-order valence-corrected chi connectivity index (χ2v) is 7.80. The quantitative estimate of drug-likeness (QED) is 0.467. The molecule has 2 N–H and O–H groups in total. The fourth-order valence-electron chi connectivity index (χ4n) is 2.32. The smallest absolute Gasteiger partial charge is 0.273 e. The summed E-state index contributed by atoms with van der Waals surface area (Å²) in [6.07, 6.45) is 0. The Labute approximate surface area is 111 Å². The lowest BCUT2D eigenvalue weighted by Crippen LogP contribution is -2.65. The minimum absolute atomic E-state index is 0.160. The van der Waals surface area contributed by atoms with E-state index in [1.165, 1.54) is 6.92 Å². The van der Waals surface area contributed by atoms with Crippen LogP contribution in [0.1, 0.15) is 13.8 Å². The zero-order chi connectivity index (χ0) is 14.6. The Kier molecular flexibility index (Phi) is 3.38. The van der Waals surface area contributed by atoms with E-state index in [1.54, 1.807) is 6.92 Å². The van der Waals surface area contributed by atoms with E-state index in [2.05, 4.69) is 4.72 Å². The van der Waals surface area contributed by atoms with E-state index >= 15 is 0 Å². The minimum atomic E-state index is -4.65. The number of hydrogen-bond acceptors (Lipinski definition) is 5. The van der Waals surface area contributed by atoms with Crippen molar-refractivity contribution >= 4 is 26.4 Å². The molecule has 0 saturated carbocycles. The van der Waals surface area contributed by atoms with E-state index in [0.29, 0.717) is 4.31 Å². The summed E-state index contributed by atoms with van der Waals surface area (Å²) in [7, 11) is -8.30. The van der Waals surface area contributed by atoms with Gasteiger partial charge in [-0.15, -0.1) is 0 Å². The second kappa shape index (κ2) is 4.38. The third-order valence-corrected chi connectivity index (χ3v) is 5.92. The average Bonchev–Trinajstić information content (AvgIpc) is 2.48. The SMILES string of the molecule is C[C@@H]1CN(C[C@@H]2[C@H](C)C(=O)N2S(=O)(=O)O)S(=O)(=O)N1. The molecule has 2 aliphatic rings. The van der Waals surface area contributed by atoms with Crippen LogP contribution in [0.25, 0.3) is 0 Å². The number of nitrogens with zero attached hydrogens (tertiary/aromatic N) is 2. The van der Waals surface area contributed by atoms with Gasteiger partial charge in [0, 0.05) is 19.1 Å². The van der Waals surface area contributed by atoms with Crippen LogP contribution in [-0.4, -0.2) is 61.1 Å². The summed E-state index contributed by atoms with van der Waals surface area (Å²) >= 11 is 0. The Hall–Kier alpha value is -0.750. The van der Waals surface area contributed by atoms with Crippen LogP contribution in [0.15, 0.2) is 0 Å². The zero-order valence-corrected chi connectivity index (χ0v) is 12.0. The predicted octanol–water partition coefficient (Wildman–Crippen LogP) is -1.83. The normalized spacial score (nSPS) is 35.4. The molecule has 1 amide bonds. The molecular formula is C8H15N3O6S2. The maximum Gasteiger partial charge on any atom is 0.362 e. The van der Waals surface area contributed by atoms with Crippen LogP contribution in [0, 0.1) is 5.92 Å². The van der Waals surface area contributed by atoms with Crippen LogP contribution in [0.3, 0.4) is 0 Å². The van der Waals surface area contributed by atoms with Crippen molar-refractivity contribution in [3.05, 3.63) is 0 Å². The number of β-lactam (4-membered cyclic amide) rings is 1. The summed E-state index contributed by atoms with van der Waals surface area (Å²) in [5.74, 6) is -1.38. The molecule has 0 aliphatic carbocycles. The Morgan fingerprint density at radius 2 is 2.00 bits per heavy atom. The van der Waals surface area contributed by atoms with Crippen molar-refractivity contribution in [3.63, 3.8) is 0 Å². The molecule has 0 radical (unpaired) electrons. The van der Waals surface area contributed by atoms with Crippen molar-refractivity contribution < 1.29 is 26.2 Å². The van der Waals surface area contributed by atoms with Crippen LogP contribution in [0.5, 0.6) is 0 Å². The van der Waals surface area contributed by atoms with Crippen molar-refractivity contribution in [2.24, 2.45) is 5.92 Å². The summed E-state index contributed by atoms with van der Waals surface area (Å²) in [4.78, 5) is 11.4. The van der Waals surface area contributed by atoms with E-state index in [1.807, 2.05) is 0 Å². The highest BCUT2D eigenvalue weighted by Crippen LogP contribution is 2.30. The third kappa shape index (κ3) is 2.48. The highest BCUT2D eigenvalue weighted by molar-refractivity contribution is 7.87. The molecule has 2 saturated heterocycles. The summed E-state index contributed by atoms with van der Waals surface area (Å²) in [6.45, 7) is 3.20. The first-order valence-corrected chi connectivity index (χ1v) is 8.46. The first kappa shape index (κ1) is 14.7. The standard InChI is InChI=1S/C8H15N3O6S2/c1-5-3-10(18(13,14)9-5)4-7-6(2)8(12)11(7)19(15,16)17/h5-7,9H,3-4H2,1-2H3,(H,15,16,17)/t5-,6+,7-/m1/s1. The zero-order valence-electron chi connectivity index (χ0n) is 10.3. The molecule has 2 aliphatic heterocycles. The van der Waals surface area contributed by atoms with Crippen LogP contribution in [-0.2, 0) is 25.3 Å². The first-order valence-electron chi connectivity index (χ1n) is 5.62. The van der Waals surface area contributed by atoms with Crippen LogP contribution in [0.4, 0.5) is 0 Å². The number of nitrogens with one attached hydrogen (secondary N) is 1. The summed E-state index contributed by atoms with van der Waals surface area (Å²) in [6, 6.07) is -1.15. The van der Waals surface area contributed by atoms with Gasteiger partial charge in [0.25, 0.3) is 10.2 Å².